The molecule has 1 fully saturated rings. The molecule has 1 aromatic carbocycles. The molecule has 1 aliphatic heterocycles. The summed E-state index contributed by atoms with van der Waals surface area (Å²) < 4.78 is 22.7. The van der Waals surface area contributed by atoms with E-state index < -0.39 is 15.9 Å². The van der Waals surface area contributed by atoms with Crippen LogP contribution in [0.2, 0.25) is 0 Å². The topological polar surface area (TPSA) is 92.3 Å². The van der Waals surface area contributed by atoms with Crippen LogP contribution in [0.25, 0.3) is 0 Å². The van der Waals surface area contributed by atoms with Gasteiger partial charge in [-0.25, -0.2) is 8.42 Å². The second-order valence-electron chi connectivity index (χ2n) is 5.11. The second kappa shape index (κ2) is 6.26. The van der Waals surface area contributed by atoms with Gasteiger partial charge in [0.2, 0.25) is 5.91 Å². The average Bonchev–Trinajstić information content (AvgIpc) is 2.63. The molecule has 7 heteroatoms. The monoisotopic (exact) mass is 310 g/mol. The number of carbonyl (C=O) groups is 2. The van der Waals surface area contributed by atoms with Crippen LogP contribution in [0.4, 0.5) is 0 Å². The van der Waals surface area contributed by atoms with Gasteiger partial charge in [-0.3, -0.25) is 9.59 Å². The zero-order chi connectivity index (χ0) is 15.5. The van der Waals surface area contributed by atoms with Crippen LogP contribution >= 0.6 is 0 Å². The lowest BCUT2D eigenvalue weighted by Gasteiger charge is -2.15. The molecule has 0 radical (unpaired) electrons. The van der Waals surface area contributed by atoms with Gasteiger partial charge in [-0.2, -0.15) is 0 Å². The smallest absolute Gasteiger partial charge is 0.251 e. The van der Waals surface area contributed by atoms with E-state index in [1.807, 2.05) is 0 Å². The maximum Gasteiger partial charge on any atom is 0.251 e. The van der Waals surface area contributed by atoms with Crippen LogP contribution in [-0.4, -0.2) is 39.1 Å². The zero-order valence-electron chi connectivity index (χ0n) is 11.8. The molecule has 0 saturated carbocycles. The van der Waals surface area contributed by atoms with Crippen molar-refractivity contribution in [2.45, 2.75) is 30.2 Å². The lowest BCUT2D eigenvalue weighted by molar-refractivity contribution is -0.122. The van der Waals surface area contributed by atoms with Crippen LogP contribution in [0.3, 0.4) is 0 Å². The summed E-state index contributed by atoms with van der Waals surface area (Å²) in [5, 5.41) is 5.43. The van der Waals surface area contributed by atoms with Crippen molar-refractivity contribution in [3.05, 3.63) is 29.8 Å². The van der Waals surface area contributed by atoms with Crippen LogP contribution in [-0.2, 0) is 14.6 Å². The summed E-state index contributed by atoms with van der Waals surface area (Å²) in [6.45, 7) is 0.633. The van der Waals surface area contributed by atoms with Crippen molar-refractivity contribution in [3.8, 4) is 0 Å². The lowest BCUT2D eigenvalue weighted by Crippen LogP contribution is -2.45. The molecule has 0 aromatic heterocycles. The Morgan fingerprint density at radius 1 is 1.24 bits per heavy atom. The second-order valence-corrected chi connectivity index (χ2v) is 7.13. The molecule has 0 bridgehead atoms. The molecular formula is C14H18N2O4S. The first-order valence-electron chi connectivity index (χ1n) is 6.76. The van der Waals surface area contributed by atoms with E-state index >= 15 is 0 Å². The molecule has 0 spiro atoms. The van der Waals surface area contributed by atoms with Crippen LogP contribution in [0, 0.1) is 0 Å². The molecule has 1 unspecified atom stereocenters. The number of rotatable bonds is 3. The largest absolute Gasteiger partial charge is 0.354 e. The van der Waals surface area contributed by atoms with Gasteiger partial charge in [-0.15, -0.1) is 0 Å². The summed E-state index contributed by atoms with van der Waals surface area (Å²) in [5.74, 6) is -0.550. The minimum atomic E-state index is -3.28. The summed E-state index contributed by atoms with van der Waals surface area (Å²) in [5.41, 5.74) is 0.333. The molecular weight excluding hydrogens is 292 g/mol. The Bertz CT molecular complexity index is 637. The number of amides is 2. The number of hydrogen-bond donors (Lipinski definition) is 2. The van der Waals surface area contributed by atoms with Gasteiger partial charge in [0.1, 0.15) is 6.04 Å². The quantitative estimate of drug-likeness (QED) is 0.850. The number of carbonyl (C=O) groups excluding carboxylic acids is 2. The summed E-state index contributed by atoms with van der Waals surface area (Å²) >= 11 is 0. The standard InChI is InChI=1S/C14H18N2O4S/c1-21(19,20)11-7-5-10(6-8-11)13(17)16-12-4-2-3-9-15-14(12)18/h5-8,12H,2-4,9H2,1H3,(H,15,18)(H,16,17). The Morgan fingerprint density at radius 2 is 1.90 bits per heavy atom. The molecule has 2 amide bonds. The Hall–Kier alpha value is -1.89. The zero-order valence-corrected chi connectivity index (χ0v) is 12.6. The third-order valence-electron chi connectivity index (χ3n) is 3.39. The highest BCUT2D eigenvalue weighted by Crippen LogP contribution is 2.11. The van der Waals surface area contributed by atoms with Gasteiger partial charge < -0.3 is 10.6 Å². The Kier molecular flexibility index (Phi) is 4.62. The molecule has 2 N–H and O–H groups in total. The minimum absolute atomic E-state index is 0.159. The number of hydrogen-bond acceptors (Lipinski definition) is 4. The third-order valence-corrected chi connectivity index (χ3v) is 4.51. The Morgan fingerprint density at radius 3 is 2.52 bits per heavy atom. The van der Waals surface area contributed by atoms with E-state index in [1.54, 1.807) is 0 Å². The summed E-state index contributed by atoms with van der Waals surface area (Å²) in [7, 11) is -3.28. The Balaban J connectivity index is 2.08. The van der Waals surface area contributed by atoms with Gasteiger partial charge >= 0.3 is 0 Å². The van der Waals surface area contributed by atoms with Crippen molar-refractivity contribution in [1.29, 1.82) is 0 Å². The van der Waals surface area contributed by atoms with Gasteiger partial charge in [-0.05, 0) is 43.5 Å². The maximum atomic E-state index is 12.1. The van der Waals surface area contributed by atoms with Gasteiger partial charge in [0.05, 0.1) is 4.90 Å². The molecule has 0 aliphatic carbocycles. The number of nitrogens with one attached hydrogen (secondary N) is 2. The highest BCUT2D eigenvalue weighted by molar-refractivity contribution is 7.90. The molecule has 1 atom stereocenters. The van der Waals surface area contributed by atoms with Crippen LogP contribution in [0.15, 0.2) is 29.2 Å². The molecule has 114 valence electrons. The normalized spacial score (nSPS) is 19.5. The SMILES string of the molecule is CS(=O)(=O)c1ccc(C(=O)NC2CCCCNC2=O)cc1. The van der Waals surface area contributed by atoms with E-state index in [-0.39, 0.29) is 16.7 Å². The number of benzene rings is 1. The molecule has 2 rings (SSSR count). The molecule has 1 saturated heterocycles. The highest BCUT2D eigenvalue weighted by Gasteiger charge is 2.22. The van der Waals surface area contributed by atoms with Crippen molar-refractivity contribution in [3.63, 3.8) is 0 Å². The first-order chi connectivity index (χ1) is 9.88. The van der Waals surface area contributed by atoms with E-state index in [9.17, 15) is 18.0 Å². The van der Waals surface area contributed by atoms with Gasteiger partial charge in [0.25, 0.3) is 5.91 Å². The van der Waals surface area contributed by atoms with E-state index in [2.05, 4.69) is 10.6 Å². The van der Waals surface area contributed by atoms with Crippen LogP contribution in [0.1, 0.15) is 29.6 Å². The van der Waals surface area contributed by atoms with Gasteiger partial charge in [0, 0.05) is 18.4 Å². The lowest BCUT2D eigenvalue weighted by atomic mass is 10.1. The fourth-order valence-electron chi connectivity index (χ4n) is 2.17. The fraction of sp³-hybridized carbons (Fsp3) is 0.429. The van der Waals surface area contributed by atoms with Crippen molar-refractivity contribution >= 4 is 21.7 Å². The first kappa shape index (κ1) is 15.5. The van der Waals surface area contributed by atoms with E-state index in [0.717, 1.165) is 19.1 Å². The van der Waals surface area contributed by atoms with Gasteiger partial charge in [-0.1, -0.05) is 0 Å². The predicted octanol–water partition coefficient (Wildman–Crippen LogP) is 0.489. The Labute approximate surface area is 123 Å². The van der Waals surface area contributed by atoms with Crippen LogP contribution in [0.5, 0.6) is 0 Å². The summed E-state index contributed by atoms with van der Waals surface area (Å²) in [4.78, 5) is 24.0. The highest BCUT2D eigenvalue weighted by atomic mass is 32.2. The van der Waals surface area contributed by atoms with E-state index in [1.165, 1.54) is 24.3 Å². The average molecular weight is 310 g/mol. The molecule has 21 heavy (non-hydrogen) atoms. The van der Waals surface area contributed by atoms with Crippen molar-refractivity contribution in [1.82, 2.24) is 10.6 Å². The minimum Gasteiger partial charge on any atom is -0.354 e. The third kappa shape index (κ3) is 4.04. The van der Waals surface area contributed by atoms with Crippen LogP contribution < -0.4 is 10.6 Å². The molecule has 1 heterocycles. The predicted molar refractivity (Wildman–Crippen MR) is 77.7 cm³/mol. The van der Waals surface area contributed by atoms with Crippen molar-refractivity contribution < 1.29 is 18.0 Å². The maximum absolute atomic E-state index is 12.1. The molecule has 6 nitrogen and oxygen atoms in total. The van der Waals surface area contributed by atoms with E-state index in [0.29, 0.717) is 18.5 Å². The molecule has 1 aromatic rings. The van der Waals surface area contributed by atoms with Crippen molar-refractivity contribution in [2.75, 3.05) is 12.8 Å². The van der Waals surface area contributed by atoms with Gasteiger partial charge in [0.15, 0.2) is 9.84 Å². The van der Waals surface area contributed by atoms with Crippen molar-refractivity contribution in [2.24, 2.45) is 0 Å². The summed E-state index contributed by atoms with van der Waals surface area (Å²) in [6, 6.07) is 5.13. The van der Waals surface area contributed by atoms with E-state index in [4.69, 9.17) is 0 Å². The first-order valence-corrected chi connectivity index (χ1v) is 8.66. The number of sulfone groups is 1. The summed E-state index contributed by atoms with van der Waals surface area (Å²) in [6.07, 6.45) is 3.49. The molecule has 1 aliphatic rings. The fourth-order valence-corrected chi connectivity index (χ4v) is 2.80.